The minimum absolute atomic E-state index is 0.778. The summed E-state index contributed by atoms with van der Waals surface area (Å²) in [5, 5.41) is 15.0. The lowest BCUT2D eigenvalue weighted by molar-refractivity contribution is -0.140. The molecule has 2 N–H and O–H groups in total. The second-order valence-electron chi connectivity index (χ2n) is 4.80. The zero-order valence-electron chi connectivity index (χ0n) is 10.9. The first-order valence-electron chi connectivity index (χ1n) is 6.52. The summed E-state index contributed by atoms with van der Waals surface area (Å²) in [7, 11) is 0. The molecular formula is C15H22O3. The monoisotopic (exact) mass is 250 g/mol. The molecule has 0 radical (unpaired) electrons. The average molecular weight is 250 g/mol. The topological polar surface area (TPSA) is 57.5 Å². The highest BCUT2D eigenvalue weighted by Gasteiger charge is 2.14. The zero-order valence-corrected chi connectivity index (χ0v) is 10.9. The molecule has 0 atom stereocenters. The van der Waals surface area contributed by atoms with E-state index in [9.17, 15) is 0 Å². The zero-order chi connectivity index (χ0) is 13.4. The minimum Gasteiger partial charge on any atom is -0.480 e. The smallest absolute Gasteiger partial charge is 0.329 e. The largest absolute Gasteiger partial charge is 0.480 e. The van der Waals surface area contributed by atoms with Gasteiger partial charge in [0.05, 0.1) is 0 Å². The second-order valence-corrected chi connectivity index (χ2v) is 4.80. The summed E-state index contributed by atoms with van der Waals surface area (Å²) in [6.45, 7) is 1.38. The van der Waals surface area contributed by atoms with Gasteiger partial charge in [0.1, 0.15) is 6.61 Å². The summed E-state index contributed by atoms with van der Waals surface area (Å²) in [6.07, 6.45) is 7.12. The van der Waals surface area contributed by atoms with Gasteiger partial charge in [-0.15, -0.1) is 0 Å². The van der Waals surface area contributed by atoms with E-state index in [4.69, 9.17) is 15.0 Å². The molecule has 0 bridgehead atoms. The van der Waals surface area contributed by atoms with E-state index in [0.29, 0.717) is 0 Å². The van der Waals surface area contributed by atoms with E-state index in [2.05, 4.69) is 31.2 Å². The number of aliphatic hydroxyl groups excluding tert-OH is 1. The number of aliphatic hydroxyl groups is 1. The van der Waals surface area contributed by atoms with Crippen LogP contribution < -0.4 is 0 Å². The summed E-state index contributed by atoms with van der Waals surface area (Å²) >= 11 is 0. The number of carbonyl (C=O) groups is 1. The van der Waals surface area contributed by atoms with Crippen molar-refractivity contribution < 1.29 is 15.0 Å². The van der Waals surface area contributed by atoms with E-state index in [1.54, 1.807) is 5.56 Å². The van der Waals surface area contributed by atoms with Crippen LogP contribution in [0.1, 0.15) is 49.1 Å². The van der Waals surface area contributed by atoms with E-state index in [0.717, 1.165) is 5.92 Å². The molecule has 1 fully saturated rings. The fraction of sp³-hybridized carbons (Fsp3) is 0.533. The van der Waals surface area contributed by atoms with Gasteiger partial charge in [-0.3, -0.25) is 0 Å². The van der Waals surface area contributed by atoms with Crippen LogP contribution in [0.15, 0.2) is 24.3 Å². The number of hydrogen-bond acceptors (Lipinski definition) is 2. The molecule has 3 heteroatoms. The van der Waals surface area contributed by atoms with Crippen molar-refractivity contribution >= 4 is 5.97 Å². The average Bonchev–Trinajstić information content (AvgIpc) is 2.41. The maximum atomic E-state index is 9.12. The van der Waals surface area contributed by atoms with Crippen LogP contribution in [-0.2, 0) is 4.79 Å². The van der Waals surface area contributed by atoms with Crippen molar-refractivity contribution in [2.75, 3.05) is 6.61 Å². The van der Waals surface area contributed by atoms with Crippen LogP contribution in [0, 0.1) is 6.92 Å². The van der Waals surface area contributed by atoms with Crippen molar-refractivity contribution in [1.29, 1.82) is 0 Å². The van der Waals surface area contributed by atoms with E-state index in [1.165, 1.54) is 37.7 Å². The van der Waals surface area contributed by atoms with E-state index < -0.39 is 12.6 Å². The molecule has 1 saturated carbocycles. The molecule has 0 aromatic heterocycles. The van der Waals surface area contributed by atoms with Gasteiger partial charge in [0.15, 0.2) is 0 Å². The number of hydrogen-bond donors (Lipinski definition) is 2. The lowest BCUT2D eigenvalue weighted by Crippen LogP contribution is -2.04. The van der Waals surface area contributed by atoms with Crippen molar-refractivity contribution in [1.82, 2.24) is 0 Å². The molecule has 100 valence electrons. The molecule has 1 aliphatic carbocycles. The van der Waals surface area contributed by atoms with Crippen LogP contribution in [0.5, 0.6) is 0 Å². The maximum absolute atomic E-state index is 9.12. The Hall–Kier alpha value is -1.35. The van der Waals surface area contributed by atoms with E-state index >= 15 is 0 Å². The fourth-order valence-electron chi connectivity index (χ4n) is 2.27. The van der Waals surface area contributed by atoms with Gasteiger partial charge in [-0.1, -0.05) is 49.1 Å². The Balaban J connectivity index is 0.000000280. The molecule has 1 aliphatic rings. The Morgan fingerprint density at radius 1 is 1.17 bits per heavy atom. The SMILES string of the molecule is Cc1ccc(C2CCCCC2)cc1.O=C(O)CO. The maximum Gasteiger partial charge on any atom is 0.329 e. The number of carboxylic acids is 1. The first-order valence-corrected chi connectivity index (χ1v) is 6.52. The number of benzene rings is 1. The lowest BCUT2D eigenvalue weighted by Gasteiger charge is -2.21. The summed E-state index contributed by atoms with van der Waals surface area (Å²) < 4.78 is 0. The third-order valence-electron chi connectivity index (χ3n) is 3.29. The van der Waals surface area contributed by atoms with Crippen LogP contribution in [0.4, 0.5) is 0 Å². The predicted molar refractivity (Wildman–Crippen MR) is 71.7 cm³/mol. The molecule has 2 rings (SSSR count). The molecular weight excluding hydrogens is 228 g/mol. The summed E-state index contributed by atoms with van der Waals surface area (Å²) in [5.41, 5.74) is 2.94. The summed E-state index contributed by atoms with van der Waals surface area (Å²) in [5.74, 6) is -0.334. The van der Waals surface area contributed by atoms with Crippen molar-refractivity contribution in [3.05, 3.63) is 35.4 Å². The Kier molecular flexibility index (Phi) is 6.44. The van der Waals surface area contributed by atoms with Crippen molar-refractivity contribution in [2.24, 2.45) is 0 Å². The molecule has 0 amide bonds. The van der Waals surface area contributed by atoms with Crippen LogP contribution in [-0.4, -0.2) is 22.8 Å². The normalized spacial score (nSPS) is 15.7. The highest BCUT2D eigenvalue weighted by atomic mass is 16.4. The lowest BCUT2D eigenvalue weighted by atomic mass is 9.84. The van der Waals surface area contributed by atoms with Crippen LogP contribution in [0.25, 0.3) is 0 Å². The predicted octanol–water partition coefficient (Wildman–Crippen LogP) is 3.11. The summed E-state index contributed by atoms with van der Waals surface area (Å²) in [6, 6.07) is 9.10. The number of aryl methyl sites for hydroxylation is 1. The van der Waals surface area contributed by atoms with Crippen molar-refractivity contribution in [3.8, 4) is 0 Å². The highest BCUT2D eigenvalue weighted by molar-refractivity contribution is 5.67. The third kappa shape index (κ3) is 5.32. The van der Waals surface area contributed by atoms with Crippen LogP contribution in [0.2, 0.25) is 0 Å². The first-order chi connectivity index (χ1) is 8.63. The molecule has 1 aromatic rings. The Labute approximate surface area is 108 Å². The van der Waals surface area contributed by atoms with Crippen LogP contribution >= 0.6 is 0 Å². The summed E-state index contributed by atoms with van der Waals surface area (Å²) in [4.78, 5) is 9.12. The van der Waals surface area contributed by atoms with Crippen LogP contribution in [0.3, 0.4) is 0 Å². The minimum atomic E-state index is -1.19. The number of carboxylic acid groups (broad SMARTS) is 1. The van der Waals surface area contributed by atoms with Crippen molar-refractivity contribution in [3.63, 3.8) is 0 Å². The number of aliphatic carboxylic acids is 1. The molecule has 0 spiro atoms. The van der Waals surface area contributed by atoms with Gasteiger partial charge in [-0.2, -0.15) is 0 Å². The van der Waals surface area contributed by atoms with Gasteiger partial charge in [-0.05, 0) is 31.2 Å². The Morgan fingerprint density at radius 2 is 1.67 bits per heavy atom. The van der Waals surface area contributed by atoms with Gasteiger partial charge >= 0.3 is 5.97 Å². The first kappa shape index (κ1) is 14.7. The van der Waals surface area contributed by atoms with Gasteiger partial charge in [0.2, 0.25) is 0 Å². The fourth-order valence-corrected chi connectivity index (χ4v) is 2.27. The third-order valence-corrected chi connectivity index (χ3v) is 3.29. The van der Waals surface area contributed by atoms with Crippen molar-refractivity contribution in [2.45, 2.75) is 44.9 Å². The molecule has 0 aliphatic heterocycles. The highest BCUT2D eigenvalue weighted by Crippen LogP contribution is 2.32. The Morgan fingerprint density at radius 3 is 2.11 bits per heavy atom. The molecule has 0 heterocycles. The van der Waals surface area contributed by atoms with Gasteiger partial charge < -0.3 is 10.2 Å². The molecule has 0 unspecified atom stereocenters. The molecule has 1 aromatic carbocycles. The number of rotatable bonds is 2. The van der Waals surface area contributed by atoms with Gasteiger partial charge in [-0.25, -0.2) is 4.79 Å². The van der Waals surface area contributed by atoms with Gasteiger partial charge in [0, 0.05) is 0 Å². The quantitative estimate of drug-likeness (QED) is 0.848. The van der Waals surface area contributed by atoms with E-state index in [1.807, 2.05) is 0 Å². The molecule has 0 saturated heterocycles. The second kappa shape index (κ2) is 7.88. The Bertz CT molecular complexity index is 351. The molecule has 3 nitrogen and oxygen atoms in total. The molecule has 18 heavy (non-hydrogen) atoms. The van der Waals surface area contributed by atoms with Gasteiger partial charge in [0.25, 0.3) is 0 Å². The van der Waals surface area contributed by atoms with E-state index in [-0.39, 0.29) is 0 Å². The standard InChI is InChI=1S/C13H18.C2H4O3/c1-11-7-9-13(10-8-11)12-5-3-2-4-6-12;3-1-2(4)5/h7-10,12H,2-6H2,1H3;3H,1H2,(H,4,5).